The largest absolute Gasteiger partial charge is 0.437 e. The topological polar surface area (TPSA) is 86.4 Å². The molecular formula is C10H13F3N4O3S. The molecule has 0 amide bonds. The number of alkyl halides is 3. The van der Waals surface area contributed by atoms with Crippen molar-refractivity contribution in [3.63, 3.8) is 0 Å². The van der Waals surface area contributed by atoms with Gasteiger partial charge in [0.2, 0.25) is 0 Å². The van der Waals surface area contributed by atoms with Gasteiger partial charge in [-0.25, -0.2) is 8.42 Å². The second-order valence-corrected chi connectivity index (χ2v) is 6.31. The minimum absolute atomic E-state index is 0.0119. The van der Waals surface area contributed by atoms with Crippen molar-refractivity contribution in [2.45, 2.75) is 37.3 Å². The van der Waals surface area contributed by atoms with E-state index in [4.69, 9.17) is 4.84 Å². The number of hydrogen-bond acceptors (Lipinski definition) is 6. The Hall–Kier alpha value is -1.65. The summed E-state index contributed by atoms with van der Waals surface area (Å²) in [6, 6.07) is 0. The van der Waals surface area contributed by atoms with Crippen molar-refractivity contribution in [2.75, 3.05) is 0 Å². The van der Waals surface area contributed by atoms with E-state index in [2.05, 4.69) is 15.4 Å². The van der Waals surface area contributed by atoms with Gasteiger partial charge in [0.25, 0.3) is 0 Å². The van der Waals surface area contributed by atoms with Crippen LogP contribution >= 0.6 is 0 Å². The standard InChI is InChI=1S/C10H13F3N4O3S/c1-9(2)4-5(16-20-9)7(21(18)19)6-8(10(11,12)13)15-17(3)14-6/h7,21H,4H2,1-3H3. The summed E-state index contributed by atoms with van der Waals surface area (Å²) in [6.07, 6.45) is -4.71. The smallest absolute Gasteiger partial charge is 0.389 e. The van der Waals surface area contributed by atoms with E-state index in [-0.39, 0.29) is 12.1 Å². The number of nitrogens with zero attached hydrogens (tertiary/aromatic N) is 4. The molecule has 0 saturated heterocycles. The Bertz CT molecular complexity index is 655. The second-order valence-electron chi connectivity index (χ2n) is 5.22. The van der Waals surface area contributed by atoms with Gasteiger partial charge in [-0.3, -0.25) is 0 Å². The zero-order valence-electron chi connectivity index (χ0n) is 11.4. The van der Waals surface area contributed by atoms with Gasteiger partial charge in [-0.1, -0.05) is 5.16 Å². The van der Waals surface area contributed by atoms with Gasteiger partial charge in [0.15, 0.2) is 16.4 Å². The molecular weight excluding hydrogens is 313 g/mol. The molecule has 0 aliphatic carbocycles. The van der Waals surface area contributed by atoms with Crippen LogP contribution < -0.4 is 0 Å². The van der Waals surface area contributed by atoms with Crippen molar-refractivity contribution in [1.29, 1.82) is 0 Å². The average Bonchev–Trinajstić information content (AvgIpc) is 2.82. The van der Waals surface area contributed by atoms with Crippen LogP contribution in [0.2, 0.25) is 0 Å². The molecule has 0 aromatic carbocycles. The van der Waals surface area contributed by atoms with Gasteiger partial charge in [0.05, 0.1) is 5.71 Å². The summed E-state index contributed by atoms with van der Waals surface area (Å²) in [5, 5.41) is 8.77. The van der Waals surface area contributed by atoms with Crippen molar-refractivity contribution < 1.29 is 26.4 Å². The number of rotatable bonds is 3. The second kappa shape index (κ2) is 4.97. The Morgan fingerprint density at radius 3 is 2.38 bits per heavy atom. The molecule has 0 N–H and O–H groups in total. The fourth-order valence-electron chi connectivity index (χ4n) is 2.02. The molecule has 21 heavy (non-hydrogen) atoms. The molecule has 0 bridgehead atoms. The highest BCUT2D eigenvalue weighted by Crippen LogP contribution is 2.36. The monoisotopic (exact) mass is 326 g/mol. The number of hydrogen-bond donors (Lipinski definition) is 1. The molecule has 2 heterocycles. The Labute approximate surface area is 119 Å². The summed E-state index contributed by atoms with van der Waals surface area (Å²) >= 11 is 0. The Morgan fingerprint density at radius 1 is 1.33 bits per heavy atom. The Morgan fingerprint density at radius 2 is 1.95 bits per heavy atom. The van der Waals surface area contributed by atoms with Gasteiger partial charge in [0.1, 0.15) is 16.5 Å². The molecule has 1 aromatic rings. The maximum atomic E-state index is 12.9. The van der Waals surface area contributed by atoms with Crippen LogP contribution in [-0.2, 0) is 28.8 Å². The van der Waals surface area contributed by atoms with Gasteiger partial charge in [0, 0.05) is 13.5 Å². The van der Waals surface area contributed by atoms with Crippen molar-refractivity contribution in [3.05, 3.63) is 11.4 Å². The fraction of sp³-hybridized carbons (Fsp3) is 0.700. The zero-order valence-corrected chi connectivity index (χ0v) is 12.3. The summed E-state index contributed by atoms with van der Waals surface area (Å²) in [5.41, 5.74) is -2.79. The van der Waals surface area contributed by atoms with E-state index >= 15 is 0 Å². The lowest BCUT2D eigenvalue weighted by Gasteiger charge is -2.14. The first-order chi connectivity index (χ1) is 9.51. The van der Waals surface area contributed by atoms with Gasteiger partial charge < -0.3 is 4.84 Å². The van der Waals surface area contributed by atoms with E-state index in [9.17, 15) is 21.6 Å². The lowest BCUT2D eigenvalue weighted by Crippen LogP contribution is -2.23. The highest BCUT2D eigenvalue weighted by atomic mass is 32.2. The SMILES string of the molecule is Cn1nc(C(C2=NOC(C)(C)C2)[SH](=O)=O)c(C(F)(F)F)n1. The third-order valence-electron chi connectivity index (χ3n) is 2.81. The summed E-state index contributed by atoms with van der Waals surface area (Å²) in [7, 11) is -2.08. The van der Waals surface area contributed by atoms with Gasteiger partial charge in [-0.05, 0) is 13.8 Å². The van der Waals surface area contributed by atoms with E-state index in [0.717, 1.165) is 0 Å². The van der Waals surface area contributed by atoms with E-state index in [1.807, 2.05) is 0 Å². The Balaban J connectivity index is 2.51. The molecule has 1 aliphatic rings. The first-order valence-corrected chi connectivity index (χ1v) is 7.13. The van der Waals surface area contributed by atoms with Crippen molar-refractivity contribution in [2.24, 2.45) is 12.2 Å². The molecule has 1 aromatic heterocycles. The third-order valence-corrected chi connectivity index (χ3v) is 3.77. The average molecular weight is 326 g/mol. The lowest BCUT2D eigenvalue weighted by atomic mass is 9.99. The van der Waals surface area contributed by atoms with E-state index in [1.54, 1.807) is 13.8 Å². The number of thiol groups is 1. The third kappa shape index (κ3) is 3.17. The molecule has 118 valence electrons. The molecule has 1 aliphatic heterocycles. The van der Waals surface area contributed by atoms with Crippen LogP contribution in [-0.4, -0.2) is 34.7 Å². The number of aromatic nitrogens is 3. The molecule has 0 saturated carbocycles. The predicted molar refractivity (Wildman–Crippen MR) is 66.3 cm³/mol. The molecule has 0 radical (unpaired) electrons. The summed E-state index contributed by atoms with van der Waals surface area (Å²) in [5.74, 6) is 0. The number of oxime groups is 1. The van der Waals surface area contributed by atoms with Gasteiger partial charge in [-0.2, -0.15) is 23.1 Å². The van der Waals surface area contributed by atoms with Gasteiger partial charge in [-0.15, -0.1) is 5.10 Å². The molecule has 11 heteroatoms. The normalized spacial score (nSPS) is 19.5. The summed E-state index contributed by atoms with van der Waals surface area (Å²) < 4.78 is 61.7. The molecule has 7 nitrogen and oxygen atoms in total. The van der Waals surface area contributed by atoms with Crippen LogP contribution in [0.15, 0.2) is 5.16 Å². The van der Waals surface area contributed by atoms with Crippen LogP contribution in [0.4, 0.5) is 13.2 Å². The molecule has 0 spiro atoms. The van der Waals surface area contributed by atoms with Crippen LogP contribution in [0.3, 0.4) is 0 Å². The van der Waals surface area contributed by atoms with E-state index in [1.165, 1.54) is 7.05 Å². The maximum absolute atomic E-state index is 12.9. The van der Waals surface area contributed by atoms with Crippen LogP contribution in [0, 0.1) is 0 Å². The summed E-state index contributed by atoms with van der Waals surface area (Å²) in [6.45, 7) is 3.31. The molecule has 1 unspecified atom stereocenters. The maximum Gasteiger partial charge on any atom is 0.437 e. The van der Waals surface area contributed by atoms with Crippen molar-refractivity contribution in [3.8, 4) is 0 Å². The highest BCUT2D eigenvalue weighted by Gasteiger charge is 2.44. The van der Waals surface area contributed by atoms with Crippen LogP contribution in [0.25, 0.3) is 0 Å². The van der Waals surface area contributed by atoms with Crippen LogP contribution in [0.5, 0.6) is 0 Å². The number of aryl methyl sites for hydroxylation is 1. The highest BCUT2D eigenvalue weighted by molar-refractivity contribution is 7.73. The molecule has 1 atom stereocenters. The quantitative estimate of drug-likeness (QED) is 0.839. The number of halogens is 3. The van der Waals surface area contributed by atoms with E-state index < -0.39 is 39.1 Å². The van der Waals surface area contributed by atoms with Gasteiger partial charge >= 0.3 is 6.18 Å². The van der Waals surface area contributed by atoms with Crippen LogP contribution in [0.1, 0.15) is 36.9 Å². The lowest BCUT2D eigenvalue weighted by molar-refractivity contribution is -0.142. The minimum Gasteiger partial charge on any atom is -0.389 e. The molecule has 0 fully saturated rings. The Kier molecular flexibility index (Phi) is 3.72. The zero-order chi connectivity index (χ0) is 16.0. The van der Waals surface area contributed by atoms with Crippen molar-refractivity contribution >= 4 is 16.4 Å². The minimum atomic E-state index is -4.80. The van der Waals surface area contributed by atoms with E-state index in [0.29, 0.717) is 4.80 Å². The first kappa shape index (κ1) is 15.7. The molecule has 2 rings (SSSR count). The fourth-order valence-corrected chi connectivity index (χ4v) is 2.77. The predicted octanol–water partition coefficient (Wildman–Crippen LogP) is 1.04. The van der Waals surface area contributed by atoms with Crippen molar-refractivity contribution in [1.82, 2.24) is 15.0 Å². The first-order valence-electron chi connectivity index (χ1n) is 5.88. The summed E-state index contributed by atoms with van der Waals surface area (Å²) in [4.78, 5) is 5.71.